The van der Waals surface area contributed by atoms with Crippen LogP contribution in [0, 0.1) is 0 Å². The van der Waals surface area contributed by atoms with Crippen LogP contribution >= 0.6 is 9.24 Å². The van der Waals surface area contributed by atoms with E-state index in [1.165, 1.54) is 15.4 Å². The molecule has 0 fully saturated rings. The van der Waals surface area contributed by atoms with Crippen LogP contribution in [0.2, 0.25) is 0 Å². The average Bonchev–Trinajstić information content (AvgIpc) is 3.01. The molecule has 0 saturated heterocycles. The Balaban J connectivity index is 2.15. The van der Waals surface area contributed by atoms with E-state index in [1.807, 2.05) is 0 Å². The SMILES string of the molecule is CS(=O)c1ccc(-n2cc(C(F)(F)P)nc2-c2ccncc2)cc1. The molecule has 1 aromatic carbocycles. The Labute approximate surface area is 142 Å². The van der Waals surface area contributed by atoms with Gasteiger partial charge in [-0.1, -0.05) is 9.24 Å². The zero-order valence-corrected chi connectivity index (χ0v) is 14.7. The van der Waals surface area contributed by atoms with Crippen LogP contribution in [0.3, 0.4) is 0 Å². The number of hydrogen-bond acceptors (Lipinski definition) is 3. The summed E-state index contributed by atoms with van der Waals surface area (Å²) in [6, 6.07) is 10.3. The molecule has 0 radical (unpaired) electrons. The smallest absolute Gasteiger partial charge is 0.299 e. The fraction of sp³-hybridized carbons (Fsp3) is 0.125. The highest BCUT2D eigenvalue weighted by atomic mass is 32.2. The number of alkyl halides is 2. The number of rotatable bonds is 4. The van der Waals surface area contributed by atoms with Gasteiger partial charge in [-0.3, -0.25) is 13.8 Å². The Hall–Kier alpha value is -1.98. The minimum atomic E-state index is -3.13. The van der Waals surface area contributed by atoms with Crippen molar-refractivity contribution in [1.29, 1.82) is 0 Å². The van der Waals surface area contributed by atoms with E-state index in [2.05, 4.69) is 9.97 Å². The molecule has 0 N–H and O–H groups in total. The largest absolute Gasteiger partial charge is 0.301 e. The third-order valence-electron chi connectivity index (χ3n) is 3.43. The summed E-state index contributed by atoms with van der Waals surface area (Å²) in [6.07, 6.45) is 6.05. The molecule has 8 heteroatoms. The lowest BCUT2D eigenvalue weighted by atomic mass is 10.2. The number of hydrogen-bond donors (Lipinski definition) is 0. The number of imidazole rings is 1. The van der Waals surface area contributed by atoms with Crippen LogP contribution in [0.25, 0.3) is 17.1 Å². The van der Waals surface area contributed by atoms with Crippen molar-refractivity contribution in [2.75, 3.05) is 6.26 Å². The van der Waals surface area contributed by atoms with E-state index in [9.17, 15) is 13.0 Å². The maximum atomic E-state index is 13.7. The molecule has 0 bridgehead atoms. The minimum Gasteiger partial charge on any atom is -0.299 e. The van der Waals surface area contributed by atoms with Crippen LogP contribution in [0.5, 0.6) is 0 Å². The molecule has 2 atom stereocenters. The molecule has 3 rings (SSSR count). The van der Waals surface area contributed by atoms with Crippen LogP contribution in [0.15, 0.2) is 59.9 Å². The first-order chi connectivity index (χ1) is 11.4. The van der Waals surface area contributed by atoms with Crippen LogP contribution < -0.4 is 0 Å². The Morgan fingerprint density at radius 2 is 1.75 bits per heavy atom. The molecule has 0 aliphatic heterocycles. The van der Waals surface area contributed by atoms with Crippen LogP contribution in [-0.4, -0.2) is 25.0 Å². The Bertz CT molecular complexity index is 877. The van der Waals surface area contributed by atoms with Gasteiger partial charge in [-0.2, -0.15) is 8.78 Å². The molecule has 0 spiro atoms. The van der Waals surface area contributed by atoms with Crippen molar-refractivity contribution in [3.63, 3.8) is 0 Å². The lowest BCUT2D eigenvalue weighted by molar-refractivity contribution is 0.0991. The number of halogens is 2. The second-order valence-electron chi connectivity index (χ2n) is 5.13. The molecular weight excluding hydrogens is 351 g/mol. The van der Waals surface area contributed by atoms with Crippen molar-refractivity contribution in [1.82, 2.24) is 14.5 Å². The van der Waals surface area contributed by atoms with E-state index in [0.29, 0.717) is 22.0 Å². The molecule has 24 heavy (non-hydrogen) atoms. The van der Waals surface area contributed by atoms with Crippen LogP contribution in [0.1, 0.15) is 5.69 Å². The normalized spacial score (nSPS) is 13.0. The molecule has 2 unspecified atom stereocenters. The van der Waals surface area contributed by atoms with Gasteiger partial charge in [-0.25, -0.2) is 4.98 Å². The van der Waals surface area contributed by atoms with Crippen LogP contribution in [-0.2, 0) is 16.5 Å². The standard InChI is InChI=1S/C16H14F2N3OPS/c1-24(22)13-4-2-12(3-5-13)21-10-14(16(17,18)23)20-15(21)11-6-8-19-9-7-11/h2-10H,23H2,1H3. The predicted molar refractivity (Wildman–Crippen MR) is 92.7 cm³/mol. The lowest BCUT2D eigenvalue weighted by Gasteiger charge is -2.08. The summed E-state index contributed by atoms with van der Waals surface area (Å²) in [6.45, 7) is 0. The number of aromatic nitrogens is 3. The van der Waals surface area contributed by atoms with Crippen molar-refractivity contribution < 1.29 is 13.0 Å². The molecule has 0 amide bonds. The summed E-state index contributed by atoms with van der Waals surface area (Å²) in [4.78, 5) is 8.69. The second kappa shape index (κ2) is 6.49. The first-order valence-corrected chi connectivity index (χ1v) is 9.10. The van der Waals surface area contributed by atoms with Gasteiger partial charge in [0.05, 0.1) is 0 Å². The maximum Gasteiger partial charge on any atom is 0.301 e. The zero-order chi connectivity index (χ0) is 17.3. The zero-order valence-electron chi connectivity index (χ0n) is 12.7. The summed E-state index contributed by atoms with van der Waals surface area (Å²) in [7, 11) is 0.398. The molecule has 2 heterocycles. The molecule has 0 aliphatic carbocycles. The number of nitrogens with zero attached hydrogens (tertiary/aromatic N) is 3. The van der Waals surface area contributed by atoms with Gasteiger partial charge >= 0.3 is 5.66 Å². The van der Waals surface area contributed by atoms with Crippen molar-refractivity contribution in [2.45, 2.75) is 10.6 Å². The van der Waals surface area contributed by atoms with Crippen molar-refractivity contribution in [2.24, 2.45) is 0 Å². The monoisotopic (exact) mass is 365 g/mol. The molecule has 2 aromatic heterocycles. The Morgan fingerprint density at radius 1 is 1.12 bits per heavy atom. The number of pyridine rings is 1. The fourth-order valence-corrected chi connectivity index (χ4v) is 2.90. The highest BCUT2D eigenvalue weighted by molar-refractivity contribution is 7.84. The quantitative estimate of drug-likeness (QED) is 0.664. The van der Waals surface area contributed by atoms with E-state index in [0.717, 1.165) is 0 Å². The van der Waals surface area contributed by atoms with Gasteiger partial charge in [-0.05, 0) is 36.4 Å². The van der Waals surface area contributed by atoms with Gasteiger partial charge in [-0.15, -0.1) is 0 Å². The summed E-state index contributed by atoms with van der Waals surface area (Å²) in [5.74, 6) is 0.389. The fourth-order valence-electron chi connectivity index (χ4n) is 2.24. The second-order valence-corrected chi connectivity index (χ2v) is 7.23. The maximum absolute atomic E-state index is 13.7. The van der Waals surface area contributed by atoms with Gasteiger partial charge in [0.25, 0.3) is 0 Å². The van der Waals surface area contributed by atoms with E-state index in [-0.39, 0.29) is 5.69 Å². The van der Waals surface area contributed by atoms with Gasteiger partial charge < -0.3 is 0 Å². The first-order valence-electron chi connectivity index (χ1n) is 6.97. The first kappa shape index (κ1) is 16.9. The van der Waals surface area contributed by atoms with Crippen LogP contribution in [0.4, 0.5) is 8.78 Å². The van der Waals surface area contributed by atoms with Gasteiger partial charge in [0.1, 0.15) is 11.5 Å². The molecule has 0 saturated carbocycles. The summed E-state index contributed by atoms with van der Waals surface area (Å²) in [5.41, 5.74) is -2.14. The highest BCUT2D eigenvalue weighted by Gasteiger charge is 2.29. The predicted octanol–water partition coefficient (Wildman–Crippen LogP) is 3.60. The van der Waals surface area contributed by atoms with E-state index >= 15 is 0 Å². The van der Waals surface area contributed by atoms with Crippen molar-refractivity contribution in [3.8, 4) is 17.1 Å². The summed E-state index contributed by atoms with van der Waals surface area (Å²) in [5, 5.41) is 0. The van der Waals surface area contributed by atoms with Gasteiger partial charge in [0, 0.05) is 51.8 Å². The van der Waals surface area contributed by atoms with Crippen molar-refractivity contribution in [3.05, 3.63) is 60.7 Å². The Kier molecular flexibility index (Phi) is 4.56. The minimum absolute atomic E-state index is 0.345. The molecule has 4 nitrogen and oxygen atoms in total. The highest BCUT2D eigenvalue weighted by Crippen LogP contribution is 2.36. The molecular formula is C16H14F2N3OPS. The summed E-state index contributed by atoms with van der Waals surface area (Å²) >= 11 is 0. The van der Waals surface area contributed by atoms with E-state index < -0.39 is 16.5 Å². The molecule has 3 aromatic rings. The topological polar surface area (TPSA) is 47.8 Å². The number of benzene rings is 1. The third-order valence-corrected chi connectivity index (χ3v) is 4.66. The van der Waals surface area contributed by atoms with Gasteiger partial charge in [0.15, 0.2) is 0 Å². The average molecular weight is 365 g/mol. The molecule has 0 aliphatic rings. The van der Waals surface area contributed by atoms with Crippen molar-refractivity contribution >= 4 is 20.0 Å². The van der Waals surface area contributed by atoms with E-state index in [1.54, 1.807) is 59.6 Å². The summed E-state index contributed by atoms with van der Waals surface area (Å²) < 4.78 is 40.5. The molecule has 124 valence electrons. The lowest BCUT2D eigenvalue weighted by Crippen LogP contribution is -2.02. The van der Waals surface area contributed by atoms with Gasteiger partial charge in [0.2, 0.25) is 0 Å². The third kappa shape index (κ3) is 3.42. The van der Waals surface area contributed by atoms with E-state index in [4.69, 9.17) is 0 Å². The Morgan fingerprint density at radius 3 is 2.29 bits per heavy atom.